The van der Waals surface area contributed by atoms with Crippen LogP contribution in [0.3, 0.4) is 0 Å². The van der Waals surface area contributed by atoms with Crippen LogP contribution in [0.4, 0.5) is 0 Å². The van der Waals surface area contributed by atoms with Gasteiger partial charge in [-0.25, -0.2) is 0 Å². The first-order valence-electron chi connectivity index (χ1n) is 7.91. The van der Waals surface area contributed by atoms with Gasteiger partial charge in [0, 0.05) is 41.7 Å². The van der Waals surface area contributed by atoms with Gasteiger partial charge in [0.1, 0.15) is 12.0 Å². The van der Waals surface area contributed by atoms with Gasteiger partial charge < -0.3 is 19.0 Å². The Hall–Kier alpha value is -1.72. The van der Waals surface area contributed by atoms with Gasteiger partial charge in [0.25, 0.3) is 0 Å². The molecule has 0 radical (unpaired) electrons. The molecule has 0 spiro atoms. The van der Waals surface area contributed by atoms with Crippen LogP contribution in [0, 0.1) is 0 Å². The van der Waals surface area contributed by atoms with Crippen molar-refractivity contribution in [1.82, 2.24) is 9.55 Å². The maximum absolute atomic E-state index is 6.01. The number of hydrogen-bond donors (Lipinski definition) is 1. The number of aromatic amines is 1. The average Bonchev–Trinajstić information content (AvgIpc) is 3.22. The zero-order valence-electron chi connectivity index (χ0n) is 13.0. The number of hydrogen-bond acceptors (Lipinski definition) is 2. The molecule has 120 valence electrons. The summed E-state index contributed by atoms with van der Waals surface area (Å²) in [5.41, 5.74) is 3.44. The molecule has 0 bridgehead atoms. The number of methoxy groups -OCH3 is 1. The minimum Gasteiger partial charge on any atom is -0.495 e. The molecular formula is C18H19BrN2O2. The van der Waals surface area contributed by atoms with Gasteiger partial charge in [-0.05, 0) is 53.4 Å². The summed E-state index contributed by atoms with van der Waals surface area (Å²) in [5, 5.41) is 1.19. The predicted octanol–water partition coefficient (Wildman–Crippen LogP) is 5.11. The minimum absolute atomic E-state index is 0.0980. The number of rotatable bonds is 3. The van der Waals surface area contributed by atoms with Crippen molar-refractivity contribution in [2.75, 3.05) is 13.7 Å². The second-order valence-corrected chi connectivity index (χ2v) is 6.71. The van der Waals surface area contributed by atoms with E-state index in [0.717, 1.165) is 40.9 Å². The van der Waals surface area contributed by atoms with Gasteiger partial charge in [0.15, 0.2) is 0 Å². The second kappa shape index (κ2) is 6.06. The Morgan fingerprint density at radius 1 is 1.35 bits per heavy atom. The van der Waals surface area contributed by atoms with Crippen LogP contribution in [-0.4, -0.2) is 23.3 Å². The Labute approximate surface area is 143 Å². The Morgan fingerprint density at radius 3 is 2.96 bits per heavy atom. The topological polar surface area (TPSA) is 39.2 Å². The molecule has 1 aliphatic heterocycles. The summed E-state index contributed by atoms with van der Waals surface area (Å²) in [6, 6.07) is 8.33. The van der Waals surface area contributed by atoms with E-state index in [9.17, 15) is 0 Å². The highest BCUT2D eigenvalue weighted by Gasteiger charge is 2.21. The van der Waals surface area contributed by atoms with E-state index in [0.29, 0.717) is 0 Å². The molecule has 1 saturated heterocycles. The van der Waals surface area contributed by atoms with Crippen LogP contribution in [0.1, 0.15) is 25.5 Å². The molecule has 0 saturated carbocycles. The highest BCUT2D eigenvalue weighted by molar-refractivity contribution is 9.10. The van der Waals surface area contributed by atoms with Crippen molar-refractivity contribution in [2.45, 2.75) is 25.5 Å². The smallest absolute Gasteiger partial charge is 0.135 e. The fourth-order valence-corrected chi connectivity index (χ4v) is 3.81. The summed E-state index contributed by atoms with van der Waals surface area (Å²) < 4.78 is 14.7. The van der Waals surface area contributed by atoms with Gasteiger partial charge in [0.05, 0.1) is 17.1 Å². The SMILES string of the molecule is COc1cc2c(cc1Br)c(-c1ccc[nH]1)cn2C1CCCCO1. The van der Waals surface area contributed by atoms with Crippen molar-refractivity contribution in [3.05, 3.63) is 41.1 Å². The molecule has 4 rings (SSSR count). The molecule has 2 aromatic heterocycles. The fourth-order valence-electron chi connectivity index (χ4n) is 3.30. The highest BCUT2D eigenvalue weighted by atomic mass is 79.9. The average molecular weight is 375 g/mol. The summed E-state index contributed by atoms with van der Waals surface area (Å²) >= 11 is 3.60. The van der Waals surface area contributed by atoms with E-state index in [2.05, 4.69) is 49.9 Å². The molecule has 1 N–H and O–H groups in total. The lowest BCUT2D eigenvalue weighted by atomic mass is 10.1. The third kappa shape index (κ3) is 2.58. The van der Waals surface area contributed by atoms with Crippen LogP contribution < -0.4 is 4.74 Å². The van der Waals surface area contributed by atoms with Gasteiger partial charge in [-0.2, -0.15) is 0 Å². The van der Waals surface area contributed by atoms with Crippen molar-refractivity contribution < 1.29 is 9.47 Å². The first-order valence-corrected chi connectivity index (χ1v) is 8.70. The number of fused-ring (bicyclic) bond motifs is 1. The number of H-pyrrole nitrogens is 1. The molecule has 0 aliphatic carbocycles. The van der Waals surface area contributed by atoms with Crippen LogP contribution >= 0.6 is 15.9 Å². The quantitative estimate of drug-likeness (QED) is 0.691. The second-order valence-electron chi connectivity index (χ2n) is 5.86. The van der Waals surface area contributed by atoms with Gasteiger partial charge >= 0.3 is 0 Å². The monoisotopic (exact) mass is 374 g/mol. The summed E-state index contributed by atoms with van der Waals surface area (Å²) in [7, 11) is 1.70. The van der Waals surface area contributed by atoms with E-state index >= 15 is 0 Å². The molecule has 5 heteroatoms. The molecular weight excluding hydrogens is 356 g/mol. The molecule has 1 fully saturated rings. The van der Waals surface area contributed by atoms with E-state index in [-0.39, 0.29) is 6.23 Å². The normalized spacial score (nSPS) is 18.4. The van der Waals surface area contributed by atoms with Gasteiger partial charge in [-0.1, -0.05) is 0 Å². The molecule has 1 aromatic carbocycles. The van der Waals surface area contributed by atoms with Crippen molar-refractivity contribution in [2.24, 2.45) is 0 Å². The number of benzene rings is 1. The molecule has 1 aliphatic rings. The van der Waals surface area contributed by atoms with Crippen LogP contribution in [0.5, 0.6) is 5.75 Å². The third-order valence-corrected chi connectivity index (χ3v) is 5.08. The lowest BCUT2D eigenvalue weighted by Gasteiger charge is -2.25. The van der Waals surface area contributed by atoms with E-state index in [1.165, 1.54) is 17.4 Å². The molecule has 3 heterocycles. The Bertz CT molecular complexity index is 817. The lowest BCUT2D eigenvalue weighted by Crippen LogP contribution is -2.17. The molecule has 1 atom stereocenters. The van der Waals surface area contributed by atoms with Crippen molar-refractivity contribution in [3.8, 4) is 17.0 Å². The van der Waals surface area contributed by atoms with Crippen LogP contribution in [-0.2, 0) is 4.74 Å². The zero-order valence-corrected chi connectivity index (χ0v) is 14.6. The number of halogens is 1. The van der Waals surface area contributed by atoms with E-state index in [4.69, 9.17) is 9.47 Å². The Morgan fingerprint density at radius 2 is 2.26 bits per heavy atom. The summed E-state index contributed by atoms with van der Waals surface area (Å²) in [5.74, 6) is 0.839. The predicted molar refractivity (Wildman–Crippen MR) is 94.8 cm³/mol. The molecule has 1 unspecified atom stereocenters. The standard InChI is InChI=1S/C18H19BrN2O2/c1-22-17-10-16-12(9-14(17)19)13(15-5-4-7-20-15)11-21(16)18-6-2-3-8-23-18/h4-5,7,9-11,18,20H,2-3,6,8H2,1H3. The van der Waals surface area contributed by atoms with Crippen LogP contribution in [0.25, 0.3) is 22.2 Å². The maximum atomic E-state index is 6.01. The fraction of sp³-hybridized carbons (Fsp3) is 0.333. The van der Waals surface area contributed by atoms with Gasteiger partial charge in [-0.3, -0.25) is 0 Å². The number of nitrogens with one attached hydrogen (secondary N) is 1. The maximum Gasteiger partial charge on any atom is 0.135 e. The first-order chi connectivity index (χ1) is 11.3. The van der Waals surface area contributed by atoms with Crippen molar-refractivity contribution in [3.63, 3.8) is 0 Å². The zero-order chi connectivity index (χ0) is 15.8. The summed E-state index contributed by atoms with van der Waals surface area (Å²) in [6.07, 6.45) is 7.64. The van der Waals surface area contributed by atoms with Gasteiger partial charge in [0.2, 0.25) is 0 Å². The first kappa shape index (κ1) is 14.8. The minimum atomic E-state index is 0.0980. The van der Waals surface area contributed by atoms with Crippen molar-refractivity contribution in [1.29, 1.82) is 0 Å². The highest BCUT2D eigenvalue weighted by Crippen LogP contribution is 2.39. The summed E-state index contributed by atoms with van der Waals surface area (Å²) in [4.78, 5) is 3.31. The molecule has 0 amide bonds. The van der Waals surface area contributed by atoms with E-state index < -0.39 is 0 Å². The lowest BCUT2D eigenvalue weighted by molar-refractivity contribution is -0.0291. The Balaban J connectivity index is 1.94. The van der Waals surface area contributed by atoms with E-state index in [1.807, 2.05) is 12.3 Å². The summed E-state index contributed by atoms with van der Waals surface area (Å²) in [6.45, 7) is 0.829. The number of ether oxygens (including phenoxy) is 2. The largest absolute Gasteiger partial charge is 0.495 e. The van der Waals surface area contributed by atoms with E-state index in [1.54, 1.807) is 7.11 Å². The van der Waals surface area contributed by atoms with Crippen LogP contribution in [0.15, 0.2) is 41.1 Å². The Kier molecular flexibility index (Phi) is 3.91. The van der Waals surface area contributed by atoms with Crippen molar-refractivity contribution >= 4 is 26.8 Å². The van der Waals surface area contributed by atoms with Crippen LogP contribution in [0.2, 0.25) is 0 Å². The molecule has 4 nitrogen and oxygen atoms in total. The molecule has 23 heavy (non-hydrogen) atoms. The molecule has 3 aromatic rings. The number of nitrogens with zero attached hydrogens (tertiary/aromatic N) is 1. The van der Waals surface area contributed by atoms with Gasteiger partial charge in [-0.15, -0.1) is 0 Å². The number of aromatic nitrogens is 2. The third-order valence-electron chi connectivity index (χ3n) is 4.46.